The van der Waals surface area contributed by atoms with Gasteiger partial charge in [0.25, 0.3) is 0 Å². The highest BCUT2D eigenvalue weighted by molar-refractivity contribution is 7.27. The first-order chi connectivity index (χ1) is 5.88. The van der Waals surface area contributed by atoms with Crippen LogP contribution in [0.3, 0.4) is 0 Å². The Morgan fingerprint density at radius 3 is 2.83 bits per heavy atom. The second kappa shape index (κ2) is 3.16. The topological polar surface area (TPSA) is 21.3 Å². The van der Waals surface area contributed by atoms with Crippen molar-refractivity contribution in [3.05, 3.63) is 42.3 Å². The van der Waals surface area contributed by atoms with Crippen LogP contribution in [-0.4, -0.2) is 0 Å². The summed E-state index contributed by atoms with van der Waals surface area (Å²) >= 11 is 0. The van der Waals surface area contributed by atoms with E-state index in [2.05, 4.69) is 14.6 Å². The fourth-order valence-corrected chi connectivity index (χ4v) is 1.56. The van der Waals surface area contributed by atoms with Crippen LogP contribution >= 0.6 is 9.24 Å². The molecule has 2 rings (SSSR count). The number of rotatable bonds is 1. The van der Waals surface area contributed by atoms with E-state index in [0.717, 1.165) is 5.56 Å². The average molecular weight is 179 g/mol. The molecule has 62 valence electrons. The number of ether oxygens (including phenoxy) is 1. The Balaban J connectivity index is 2.27. The van der Waals surface area contributed by atoms with Crippen LogP contribution in [0.5, 0.6) is 0 Å². The zero-order valence-corrected chi connectivity index (χ0v) is 7.68. The van der Waals surface area contributed by atoms with Gasteiger partial charge in [0.2, 0.25) is 0 Å². The van der Waals surface area contributed by atoms with Gasteiger partial charge in [-0.05, 0) is 5.30 Å². The van der Waals surface area contributed by atoms with Crippen molar-refractivity contribution in [3.8, 4) is 0 Å². The number of hydrogen-bond donors (Lipinski definition) is 1. The van der Waals surface area contributed by atoms with Gasteiger partial charge in [0, 0.05) is 11.8 Å². The Morgan fingerprint density at radius 1 is 1.33 bits per heavy atom. The van der Waals surface area contributed by atoms with Gasteiger partial charge in [0.05, 0.1) is 0 Å². The van der Waals surface area contributed by atoms with Gasteiger partial charge in [-0.1, -0.05) is 24.3 Å². The predicted molar refractivity (Wildman–Crippen MR) is 51.9 cm³/mol. The maximum atomic E-state index is 5.31. The molecular weight excluding hydrogens is 169 g/mol. The van der Waals surface area contributed by atoms with Gasteiger partial charge in [0.1, 0.15) is 6.26 Å². The fourth-order valence-electron chi connectivity index (χ4n) is 1.20. The largest absolute Gasteiger partial charge is 0.473 e. The Hall–Kier alpha value is -1.01. The lowest BCUT2D eigenvalue weighted by Gasteiger charge is -2.13. The molecule has 2 atom stereocenters. The van der Waals surface area contributed by atoms with Crippen LogP contribution in [0.2, 0.25) is 0 Å². The molecule has 0 aromatic heterocycles. The molecule has 1 heterocycles. The van der Waals surface area contributed by atoms with Crippen LogP contribution in [0.1, 0.15) is 11.8 Å². The van der Waals surface area contributed by atoms with Crippen molar-refractivity contribution in [1.82, 2.24) is 5.32 Å². The lowest BCUT2D eigenvalue weighted by molar-refractivity contribution is 0.156. The van der Waals surface area contributed by atoms with E-state index in [1.54, 1.807) is 6.26 Å². The minimum absolute atomic E-state index is 0.0151. The number of benzene rings is 1. The molecular formula is C9H10NOP. The standard InChI is InChI=1S/C9H10NOP/c12-8-4-2-1-3-7(8)9-10-5-6-11-9/h1-6,9-10H,12H2. The third kappa shape index (κ3) is 1.30. The maximum absolute atomic E-state index is 5.31. The molecule has 0 bridgehead atoms. The second-order valence-electron chi connectivity index (χ2n) is 2.61. The third-order valence-electron chi connectivity index (χ3n) is 1.81. The van der Waals surface area contributed by atoms with Gasteiger partial charge in [-0.2, -0.15) is 0 Å². The summed E-state index contributed by atoms with van der Waals surface area (Å²) in [6.07, 6.45) is 3.46. The smallest absolute Gasteiger partial charge is 0.195 e. The first-order valence-corrected chi connectivity index (χ1v) is 4.36. The summed E-state index contributed by atoms with van der Waals surface area (Å²) in [6.45, 7) is 0. The first kappa shape index (κ1) is 7.63. The molecule has 1 aliphatic rings. The summed E-state index contributed by atoms with van der Waals surface area (Å²) < 4.78 is 5.31. The van der Waals surface area contributed by atoms with Gasteiger partial charge < -0.3 is 10.1 Å². The minimum Gasteiger partial charge on any atom is -0.473 e. The van der Waals surface area contributed by atoms with Crippen LogP contribution in [0.15, 0.2) is 36.7 Å². The van der Waals surface area contributed by atoms with Crippen LogP contribution < -0.4 is 10.6 Å². The molecule has 0 fully saturated rings. The van der Waals surface area contributed by atoms with Crippen molar-refractivity contribution in [2.45, 2.75) is 6.23 Å². The van der Waals surface area contributed by atoms with Crippen molar-refractivity contribution < 1.29 is 4.74 Å². The predicted octanol–water partition coefficient (Wildman–Crippen LogP) is 1.28. The van der Waals surface area contributed by atoms with E-state index in [-0.39, 0.29) is 6.23 Å². The molecule has 0 aliphatic carbocycles. The zero-order chi connectivity index (χ0) is 8.39. The van der Waals surface area contributed by atoms with Crippen molar-refractivity contribution in [3.63, 3.8) is 0 Å². The van der Waals surface area contributed by atoms with Gasteiger partial charge >= 0.3 is 0 Å². The molecule has 2 unspecified atom stereocenters. The highest BCUT2D eigenvalue weighted by atomic mass is 31.0. The number of hydrogen-bond acceptors (Lipinski definition) is 2. The molecule has 0 radical (unpaired) electrons. The molecule has 0 saturated carbocycles. The summed E-state index contributed by atoms with van der Waals surface area (Å²) in [6, 6.07) is 8.11. The van der Waals surface area contributed by atoms with E-state index in [1.165, 1.54) is 5.30 Å². The first-order valence-electron chi connectivity index (χ1n) is 3.79. The Labute approximate surface area is 73.8 Å². The van der Waals surface area contributed by atoms with Crippen molar-refractivity contribution >= 4 is 14.5 Å². The van der Waals surface area contributed by atoms with Gasteiger partial charge in [-0.25, -0.2) is 0 Å². The zero-order valence-electron chi connectivity index (χ0n) is 6.53. The molecule has 0 spiro atoms. The fraction of sp³-hybridized carbons (Fsp3) is 0.111. The SMILES string of the molecule is Pc1ccccc1C1NC=CO1. The Bertz CT molecular complexity index is 303. The summed E-state index contributed by atoms with van der Waals surface area (Å²) in [7, 11) is 2.69. The second-order valence-corrected chi connectivity index (χ2v) is 3.24. The Morgan fingerprint density at radius 2 is 2.17 bits per heavy atom. The van der Waals surface area contributed by atoms with E-state index in [9.17, 15) is 0 Å². The maximum Gasteiger partial charge on any atom is 0.195 e. The van der Waals surface area contributed by atoms with E-state index in [1.807, 2.05) is 30.5 Å². The molecule has 1 aliphatic heterocycles. The molecule has 12 heavy (non-hydrogen) atoms. The summed E-state index contributed by atoms with van der Waals surface area (Å²) in [5.74, 6) is 0. The highest BCUT2D eigenvalue weighted by Gasteiger charge is 2.14. The van der Waals surface area contributed by atoms with Crippen molar-refractivity contribution in [1.29, 1.82) is 0 Å². The molecule has 0 amide bonds. The summed E-state index contributed by atoms with van der Waals surface area (Å²) in [5.41, 5.74) is 1.16. The van der Waals surface area contributed by atoms with Crippen molar-refractivity contribution in [2.24, 2.45) is 0 Å². The average Bonchev–Trinajstić information content (AvgIpc) is 2.57. The molecule has 3 heteroatoms. The summed E-state index contributed by atoms with van der Waals surface area (Å²) in [5, 5.41) is 4.26. The molecule has 1 aromatic rings. The minimum atomic E-state index is -0.0151. The van der Waals surface area contributed by atoms with Crippen LogP contribution in [-0.2, 0) is 4.74 Å². The lowest BCUT2D eigenvalue weighted by atomic mass is 10.2. The van der Waals surface area contributed by atoms with E-state index >= 15 is 0 Å². The highest BCUT2D eigenvalue weighted by Crippen LogP contribution is 2.17. The lowest BCUT2D eigenvalue weighted by Crippen LogP contribution is -2.16. The molecule has 2 nitrogen and oxygen atoms in total. The monoisotopic (exact) mass is 179 g/mol. The molecule has 0 saturated heterocycles. The Kier molecular flexibility index (Phi) is 2.01. The third-order valence-corrected chi connectivity index (χ3v) is 2.33. The van der Waals surface area contributed by atoms with Gasteiger partial charge in [0.15, 0.2) is 6.23 Å². The van der Waals surface area contributed by atoms with Crippen LogP contribution in [0.25, 0.3) is 0 Å². The van der Waals surface area contributed by atoms with Gasteiger partial charge in [-0.3, -0.25) is 0 Å². The normalized spacial score (nSPS) is 20.2. The summed E-state index contributed by atoms with van der Waals surface area (Å²) in [4.78, 5) is 0. The number of nitrogens with one attached hydrogen (secondary N) is 1. The molecule has 1 N–H and O–H groups in total. The van der Waals surface area contributed by atoms with Gasteiger partial charge in [-0.15, -0.1) is 9.24 Å². The van der Waals surface area contributed by atoms with Crippen LogP contribution in [0, 0.1) is 0 Å². The van der Waals surface area contributed by atoms with E-state index in [0.29, 0.717) is 0 Å². The van der Waals surface area contributed by atoms with E-state index in [4.69, 9.17) is 4.74 Å². The van der Waals surface area contributed by atoms with E-state index < -0.39 is 0 Å². The molecule has 1 aromatic carbocycles. The quantitative estimate of drug-likeness (QED) is 0.655. The van der Waals surface area contributed by atoms with Crippen molar-refractivity contribution in [2.75, 3.05) is 0 Å². The van der Waals surface area contributed by atoms with Crippen LogP contribution in [0.4, 0.5) is 0 Å².